The predicted molar refractivity (Wildman–Crippen MR) is 70.7 cm³/mol. The van der Waals surface area contributed by atoms with Crippen LogP contribution in [0.25, 0.3) is 0 Å². The van der Waals surface area contributed by atoms with Crippen molar-refractivity contribution in [2.75, 3.05) is 0 Å². The van der Waals surface area contributed by atoms with Crippen molar-refractivity contribution < 1.29 is 9.53 Å². The summed E-state index contributed by atoms with van der Waals surface area (Å²) >= 11 is 0. The molecular formula is C13H22N4O2. The minimum Gasteiger partial charge on any atom is -0.444 e. The molecule has 1 aromatic heterocycles. The van der Waals surface area contributed by atoms with E-state index in [9.17, 15) is 4.79 Å². The minimum atomic E-state index is -0.442. The van der Waals surface area contributed by atoms with Gasteiger partial charge in [-0.3, -0.25) is 0 Å². The van der Waals surface area contributed by atoms with Crippen LogP contribution in [0.5, 0.6) is 0 Å². The summed E-state index contributed by atoms with van der Waals surface area (Å²) in [5.41, 5.74) is -0.442. The number of alkyl carbamates (subject to hydrolysis) is 1. The van der Waals surface area contributed by atoms with E-state index in [4.69, 9.17) is 4.74 Å². The third-order valence-electron chi connectivity index (χ3n) is 3.23. The largest absolute Gasteiger partial charge is 0.444 e. The van der Waals surface area contributed by atoms with Crippen LogP contribution in [0.1, 0.15) is 52.5 Å². The zero-order chi connectivity index (χ0) is 13.9. The van der Waals surface area contributed by atoms with E-state index in [1.54, 1.807) is 12.7 Å². The lowest BCUT2D eigenvalue weighted by molar-refractivity contribution is 0.0487. The molecule has 0 spiro atoms. The average Bonchev–Trinajstić information content (AvgIpc) is 2.80. The van der Waals surface area contributed by atoms with E-state index in [0.717, 1.165) is 25.7 Å². The van der Waals surface area contributed by atoms with Crippen LogP contribution in [0.2, 0.25) is 0 Å². The molecule has 6 nitrogen and oxygen atoms in total. The molecule has 0 aromatic carbocycles. The molecule has 0 unspecified atom stereocenters. The smallest absolute Gasteiger partial charge is 0.407 e. The Bertz CT molecular complexity index is 403. The van der Waals surface area contributed by atoms with Gasteiger partial charge in [0.25, 0.3) is 0 Å². The molecule has 1 aromatic rings. The van der Waals surface area contributed by atoms with Crippen molar-refractivity contribution in [2.24, 2.45) is 0 Å². The number of nitrogens with zero attached hydrogens (tertiary/aromatic N) is 3. The zero-order valence-corrected chi connectivity index (χ0v) is 11.8. The van der Waals surface area contributed by atoms with Crippen LogP contribution in [0.3, 0.4) is 0 Å². The van der Waals surface area contributed by atoms with Crippen molar-refractivity contribution in [1.82, 2.24) is 20.1 Å². The Kier molecular flexibility index (Phi) is 4.07. The van der Waals surface area contributed by atoms with Gasteiger partial charge in [0, 0.05) is 6.04 Å². The molecule has 6 heteroatoms. The molecule has 1 aliphatic rings. The zero-order valence-electron chi connectivity index (χ0n) is 11.8. The number of carbonyl (C=O) groups is 1. The molecule has 0 bridgehead atoms. The summed E-state index contributed by atoms with van der Waals surface area (Å²) in [6, 6.07) is 0.605. The fraction of sp³-hybridized carbons (Fsp3) is 0.769. The standard InChI is InChI=1S/C13H22N4O2/c1-13(2,3)19-12(18)16-10-4-6-11(7-5-10)17-9-14-8-15-17/h8-11H,4-7H2,1-3H3,(H,16,18). The quantitative estimate of drug-likeness (QED) is 0.891. The van der Waals surface area contributed by atoms with Gasteiger partial charge in [-0.1, -0.05) is 0 Å². The number of rotatable bonds is 2. The molecule has 2 rings (SSSR count). The Hall–Kier alpha value is -1.59. The SMILES string of the molecule is CC(C)(C)OC(=O)NC1CCC(n2cncn2)CC1. The van der Waals surface area contributed by atoms with Crippen molar-refractivity contribution >= 4 is 6.09 Å². The van der Waals surface area contributed by atoms with Gasteiger partial charge < -0.3 is 10.1 Å². The first-order chi connectivity index (χ1) is 8.94. The summed E-state index contributed by atoms with van der Waals surface area (Å²) in [5.74, 6) is 0. The monoisotopic (exact) mass is 266 g/mol. The van der Waals surface area contributed by atoms with Gasteiger partial charge in [0.1, 0.15) is 18.3 Å². The van der Waals surface area contributed by atoms with E-state index >= 15 is 0 Å². The maximum atomic E-state index is 11.7. The molecule has 0 saturated heterocycles. The number of carbonyl (C=O) groups excluding carboxylic acids is 1. The Morgan fingerprint density at radius 2 is 2.00 bits per heavy atom. The van der Waals surface area contributed by atoms with Crippen LogP contribution in [0.4, 0.5) is 4.79 Å². The number of nitrogens with one attached hydrogen (secondary N) is 1. The van der Waals surface area contributed by atoms with E-state index in [2.05, 4.69) is 15.4 Å². The second kappa shape index (κ2) is 5.59. The highest BCUT2D eigenvalue weighted by Gasteiger charge is 2.25. The van der Waals surface area contributed by atoms with Crippen molar-refractivity contribution in [1.29, 1.82) is 0 Å². The van der Waals surface area contributed by atoms with Gasteiger partial charge in [-0.25, -0.2) is 14.5 Å². The highest BCUT2D eigenvalue weighted by atomic mass is 16.6. The van der Waals surface area contributed by atoms with E-state index in [1.165, 1.54) is 0 Å². The van der Waals surface area contributed by atoms with Crippen LogP contribution in [-0.4, -0.2) is 32.5 Å². The summed E-state index contributed by atoms with van der Waals surface area (Å²) in [7, 11) is 0. The van der Waals surface area contributed by atoms with Crippen LogP contribution >= 0.6 is 0 Å². The van der Waals surface area contributed by atoms with E-state index in [1.807, 2.05) is 25.5 Å². The number of amides is 1. The topological polar surface area (TPSA) is 69.0 Å². The summed E-state index contributed by atoms with van der Waals surface area (Å²) in [5, 5.41) is 7.10. The molecule has 1 N–H and O–H groups in total. The lowest BCUT2D eigenvalue weighted by Gasteiger charge is -2.29. The van der Waals surface area contributed by atoms with E-state index < -0.39 is 5.60 Å². The second-order valence-electron chi connectivity index (χ2n) is 6.03. The summed E-state index contributed by atoms with van der Waals surface area (Å²) < 4.78 is 7.17. The molecule has 1 aliphatic carbocycles. The molecule has 0 radical (unpaired) electrons. The highest BCUT2D eigenvalue weighted by molar-refractivity contribution is 5.68. The highest BCUT2D eigenvalue weighted by Crippen LogP contribution is 2.27. The first kappa shape index (κ1) is 13.8. The second-order valence-corrected chi connectivity index (χ2v) is 6.03. The number of aromatic nitrogens is 3. The van der Waals surface area contributed by atoms with Crippen molar-refractivity contribution in [2.45, 2.75) is 64.1 Å². The predicted octanol–water partition coefficient (Wildman–Crippen LogP) is 2.29. The van der Waals surface area contributed by atoms with Crippen LogP contribution in [0, 0.1) is 0 Å². The number of hydrogen-bond donors (Lipinski definition) is 1. The number of ether oxygens (including phenoxy) is 1. The first-order valence-corrected chi connectivity index (χ1v) is 6.78. The molecule has 1 saturated carbocycles. The van der Waals surface area contributed by atoms with Crippen LogP contribution < -0.4 is 5.32 Å². The van der Waals surface area contributed by atoms with Gasteiger partial charge in [-0.05, 0) is 46.5 Å². The van der Waals surface area contributed by atoms with Gasteiger partial charge in [-0.2, -0.15) is 5.10 Å². The Labute approximate surface area is 113 Å². The summed E-state index contributed by atoms with van der Waals surface area (Å²) in [6.45, 7) is 5.61. The number of hydrogen-bond acceptors (Lipinski definition) is 4. The van der Waals surface area contributed by atoms with Gasteiger partial charge in [0.15, 0.2) is 0 Å². The molecule has 19 heavy (non-hydrogen) atoms. The summed E-state index contributed by atoms with van der Waals surface area (Å²) in [4.78, 5) is 15.6. The summed E-state index contributed by atoms with van der Waals surface area (Å²) in [6.07, 6.45) is 6.90. The van der Waals surface area contributed by atoms with Gasteiger partial charge in [-0.15, -0.1) is 0 Å². The van der Waals surface area contributed by atoms with Crippen LogP contribution in [0.15, 0.2) is 12.7 Å². The first-order valence-electron chi connectivity index (χ1n) is 6.78. The maximum Gasteiger partial charge on any atom is 0.407 e. The van der Waals surface area contributed by atoms with Gasteiger partial charge in [0.2, 0.25) is 0 Å². The molecular weight excluding hydrogens is 244 g/mol. The molecule has 0 atom stereocenters. The maximum absolute atomic E-state index is 11.7. The molecule has 1 amide bonds. The molecule has 1 fully saturated rings. The Morgan fingerprint density at radius 1 is 1.32 bits per heavy atom. The normalized spacial score (nSPS) is 23.9. The average molecular weight is 266 g/mol. The molecule has 106 valence electrons. The lowest BCUT2D eigenvalue weighted by Crippen LogP contribution is -2.41. The minimum absolute atomic E-state index is 0.203. The van der Waals surface area contributed by atoms with Crippen molar-refractivity contribution in [3.63, 3.8) is 0 Å². The fourth-order valence-electron chi connectivity index (χ4n) is 2.36. The molecule has 1 heterocycles. The lowest BCUT2D eigenvalue weighted by atomic mass is 9.91. The van der Waals surface area contributed by atoms with Crippen molar-refractivity contribution in [3.8, 4) is 0 Å². The van der Waals surface area contributed by atoms with Crippen molar-refractivity contribution in [3.05, 3.63) is 12.7 Å². The van der Waals surface area contributed by atoms with Gasteiger partial charge >= 0.3 is 6.09 Å². The third kappa shape index (κ3) is 4.22. The van der Waals surface area contributed by atoms with Gasteiger partial charge in [0.05, 0.1) is 6.04 Å². The van der Waals surface area contributed by atoms with E-state index in [0.29, 0.717) is 6.04 Å². The Morgan fingerprint density at radius 3 is 2.53 bits per heavy atom. The fourth-order valence-corrected chi connectivity index (χ4v) is 2.36. The third-order valence-corrected chi connectivity index (χ3v) is 3.23. The molecule has 0 aliphatic heterocycles. The van der Waals surface area contributed by atoms with Crippen LogP contribution in [-0.2, 0) is 4.74 Å². The Balaban J connectivity index is 1.76. The van der Waals surface area contributed by atoms with E-state index in [-0.39, 0.29) is 12.1 Å².